The summed E-state index contributed by atoms with van der Waals surface area (Å²) in [5, 5.41) is 4.52. The predicted octanol–water partition coefficient (Wildman–Crippen LogP) is 4.60. The highest BCUT2D eigenvalue weighted by Gasteiger charge is 2.45. The fourth-order valence-corrected chi connectivity index (χ4v) is 8.58. The van der Waals surface area contributed by atoms with E-state index in [0.29, 0.717) is 0 Å². The summed E-state index contributed by atoms with van der Waals surface area (Å²) in [6.45, 7) is 4.74. The second-order valence-corrected chi connectivity index (χ2v) is 10.7. The minimum Gasteiger partial charge on any atom is -0.368 e. The van der Waals surface area contributed by atoms with Gasteiger partial charge in [0.05, 0.1) is 11.8 Å². The van der Waals surface area contributed by atoms with Crippen LogP contribution < -0.4 is 20.8 Å². The topological polar surface area (TPSA) is 3.24 Å². The van der Waals surface area contributed by atoms with Crippen molar-refractivity contribution in [3.63, 3.8) is 0 Å². The molecule has 3 aromatic rings. The van der Waals surface area contributed by atoms with Crippen molar-refractivity contribution >= 4 is 28.9 Å². The van der Waals surface area contributed by atoms with Gasteiger partial charge in [0.1, 0.15) is 23.2 Å². The quantitative estimate of drug-likeness (QED) is 0.601. The van der Waals surface area contributed by atoms with Crippen LogP contribution in [0.3, 0.4) is 0 Å². The van der Waals surface area contributed by atoms with Gasteiger partial charge in [-0.2, -0.15) is 0 Å². The molecule has 1 heterocycles. The first kappa shape index (κ1) is 17.3. The van der Waals surface area contributed by atoms with E-state index in [1.807, 2.05) is 0 Å². The predicted molar refractivity (Wildman–Crippen MR) is 117 cm³/mol. The SMILES string of the molecule is CC[P+](c1ccccc1)(c1ccccc1)c1ccccc1N1CCCC1. The van der Waals surface area contributed by atoms with Crippen molar-refractivity contribution in [2.75, 3.05) is 24.2 Å². The number of benzene rings is 3. The van der Waals surface area contributed by atoms with Gasteiger partial charge in [0.15, 0.2) is 0 Å². The highest BCUT2D eigenvalue weighted by atomic mass is 31.2. The Hall–Kier alpha value is -2.11. The standard InChI is InChI=1S/C24H27NP/c1-2-26(21-13-5-3-6-14-21,22-15-7-4-8-16-22)24-18-10-9-17-23(24)25-19-11-12-20-25/h3-10,13-18H,2,11-12,19-20H2,1H3/q+1. The van der Waals surface area contributed by atoms with Gasteiger partial charge in [0, 0.05) is 13.1 Å². The van der Waals surface area contributed by atoms with E-state index in [9.17, 15) is 0 Å². The van der Waals surface area contributed by atoms with Crippen LogP contribution >= 0.6 is 7.26 Å². The Balaban J connectivity index is 1.98. The van der Waals surface area contributed by atoms with Crippen molar-refractivity contribution in [1.29, 1.82) is 0 Å². The summed E-state index contributed by atoms with van der Waals surface area (Å²) >= 11 is 0. The summed E-state index contributed by atoms with van der Waals surface area (Å²) in [4.78, 5) is 2.60. The van der Waals surface area contributed by atoms with Gasteiger partial charge in [-0.3, -0.25) is 0 Å². The minimum atomic E-state index is -1.67. The van der Waals surface area contributed by atoms with Crippen LogP contribution in [-0.2, 0) is 0 Å². The third-order valence-corrected chi connectivity index (χ3v) is 10.1. The monoisotopic (exact) mass is 360 g/mol. The molecule has 1 aliphatic rings. The van der Waals surface area contributed by atoms with E-state index in [-0.39, 0.29) is 0 Å². The van der Waals surface area contributed by atoms with Gasteiger partial charge in [0.2, 0.25) is 0 Å². The summed E-state index contributed by atoms with van der Waals surface area (Å²) < 4.78 is 0. The zero-order valence-electron chi connectivity index (χ0n) is 15.5. The van der Waals surface area contributed by atoms with E-state index in [2.05, 4.69) is 96.8 Å². The third kappa shape index (κ3) is 2.95. The van der Waals surface area contributed by atoms with E-state index < -0.39 is 7.26 Å². The molecule has 1 aliphatic heterocycles. The summed E-state index contributed by atoms with van der Waals surface area (Å²) in [7, 11) is -1.67. The molecule has 0 unspecified atom stereocenters. The van der Waals surface area contributed by atoms with Crippen LogP contribution in [0, 0.1) is 0 Å². The van der Waals surface area contributed by atoms with Crippen LogP contribution in [0.1, 0.15) is 19.8 Å². The molecule has 26 heavy (non-hydrogen) atoms. The molecule has 0 amide bonds. The van der Waals surface area contributed by atoms with E-state index in [0.717, 1.165) is 6.16 Å². The molecule has 0 N–H and O–H groups in total. The van der Waals surface area contributed by atoms with Crippen LogP contribution in [0.4, 0.5) is 5.69 Å². The van der Waals surface area contributed by atoms with Gasteiger partial charge < -0.3 is 4.90 Å². The van der Waals surface area contributed by atoms with Gasteiger partial charge >= 0.3 is 0 Å². The average Bonchev–Trinajstić information content (AvgIpc) is 3.26. The van der Waals surface area contributed by atoms with Crippen molar-refractivity contribution in [3.05, 3.63) is 84.9 Å². The molecule has 1 fully saturated rings. The minimum absolute atomic E-state index is 1.14. The van der Waals surface area contributed by atoms with Gasteiger partial charge in [-0.15, -0.1) is 0 Å². The van der Waals surface area contributed by atoms with Gasteiger partial charge in [-0.1, -0.05) is 48.5 Å². The van der Waals surface area contributed by atoms with E-state index in [1.165, 1.54) is 42.2 Å². The van der Waals surface area contributed by atoms with Gasteiger partial charge in [-0.05, 0) is 56.2 Å². The molecule has 0 spiro atoms. The zero-order chi connectivity index (χ0) is 17.8. The van der Waals surface area contributed by atoms with Crippen LogP contribution in [0.5, 0.6) is 0 Å². The van der Waals surface area contributed by atoms with E-state index in [4.69, 9.17) is 0 Å². The van der Waals surface area contributed by atoms with Crippen molar-refractivity contribution in [1.82, 2.24) is 0 Å². The molecular formula is C24H27NP+. The van der Waals surface area contributed by atoms with Crippen LogP contribution in [0.2, 0.25) is 0 Å². The van der Waals surface area contributed by atoms with Crippen LogP contribution in [0.15, 0.2) is 84.9 Å². The largest absolute Gasteiger partial charge is 0.368 e. The lowest BCUT2D eigenvalue weighted by Gasteiger charge is -2.30. The second-order valence-electron chi connectivity index (χ2n) is 6.98. The maximum Gasteiger partial charge on any atom is 0.128 e. The Morgan fingerprint density at radius 1 is 0.692 bits per heavy atom. The number of para-hydroxylation sites is 1. The molecule has 0 aromatic heterocycles. The summed E-state index contributed by atoms with van der Waals surface area (Å²) in [5.74, 6) is 0. The first-order chi connectivity index (χ1) is 12.9. The Morgan fingerprint density at radius 3 is 1.73 bits per heavy atom. The first-order valence-electron chi connectivity index (χ1n) is 9.70. The molecular weight excluding hydrogens is 333 g/mol. The third-order valence-electron chi connectivity index (χ3n) is 5.61. The van der Waals surface area contributed by atoms with E-state index >= 15 is 0 Å². The normalized spacial score (nSPS) is 14.6. The summed E-state index contributed by atoms with van der Waals surface area (Å²) in [6, 6.07) is 31.6. The summed E-state index contributed by atoms with van der Waals surface area (Å²) in [5.41, 5.74) is 1.45. The molecule has 0 radical (unpaired) electrons. The lowest BCUT2D eigenvalue weighted by Crippen LogP contribution is -2.36. The molecule has 1 saturated heterocycles. The lowest BCUT2D eigenvalue weighted by atomic mass is 10.3. The molecule has 0 atom stereocenters. The molecule has 0 aliphatic carbocycles. The number of hydrogen-bond donors (Lipinski definition) is 0. The van der Waals surface area contributed by atoms with Gasteiger partial charge in [-0.25, -0.2) is 0 Å². The number of rotatable bonds is 5. The number of nitrogens with zero attached hydrogens (tertiary/aromatic N) is 1. The molecule has 132 valence electrons. The van der Waals surface area contributed by atoms with Crippen LogP contribution in [-0.4, -0.2) is 19.3 Å². The lowest BCUT2D eigenvalue weighted by molar-refractivity contribution is 0.949. The maximum absolute atomic E-state index is 2.60. The Bertz CT molecular complexity index is 799. The van der Waals surface area contributed by atoms with Crippen molar-refractivity contribution in [2.24, 2.45) is 0 Å². The number of hydrogen-bond acceptors (Lipinski definition) is 1. The number of anilines is 1. The highest BCUT2D eigenvalue weighted by molar-refractivity contribution is 7.95. The Labute approximate surface area is 158 Å². The average molecular weight is 360 g/mol. The maximum atomic E-state index is 2.60. The molecule has 1 nitrogen and oxygen atoms in total. The van der Waals surface area contributed by atoms with Crippen molar-refractivity contribution in [2.45, 2.75) is 19.8 Å². The molecule has 3 aromatic carbocycles. The zero-order valence-corrected chi connectivity index (χ0v) is 16.4. The van der Waals surface area contributed by atoms with Crippen LogP contribution in [0.25, 0.3) is 0 Å². The van der Waals surface area contributed by atoms with E-state index in [1.54, 1.807) is 5.30 Å². The molecule has 4 rings (SSSR count). The highest BCUT2D eigenvalue weighted by Crippen LogP contribution is 2.56. The Morgan fingerprint density at radius 2 is 1.19 bits per heavy atom. The molecule has 2 heteroatoms. The molecule has 0 saturated carbocycles. The van der Waals surface area contributed by atoms with Crippen molar-refractivity contribution in [3.8, 4) is 0 Å². The Kier molecular flexibility index (Phi) is 5.09. The summed E-state index contributed by atoms with van der Waals surface area (Å²) in [6.07, 6.45) is 3.76. The van der Waals surface area contributed by atoms with Gasteiger partial charge in [0.25, 0.3) is 0 Å². The second kappa shape index (κ2) is 7.64. The first-order valence-corrected chi connectivity index (χ1v) is 11.7. The smallest absolute Gasteiger partial charge is 0.128 e. The fourth-order valence-electron chi connectivity index (χ4n) is 4.34. The molecule has 0 bridgehead atoms. The fraction of sp³-hybridized carbons (Fsp3) is 0.250. The van der Waals surface area contributed by atoms with Crippen molar-refractivity contribution < 1.29 is 0 Å².